The molecule has 3 nitrogen and oxygen atoms in total. The first-order valence-electron chi connectivity index (χ1n) is 4.23. The smallest absolute Gasteiger partial charge is 0.225 e. The predicted molar refractivity (Wildman–Crippen MR) is 46.0 cm³/mol. The highest BCUT2D eigenvalue weighted by molar-refractivity contribution is 7.79. The largest absolute Gasteiger partial charge is 0.766 e. The second kappa shape index (κ2) is 4.61. The van der Waals surface area contributed by atoms with E-state index in [0.29, 0.717) is 5.92 Å². The number of halogens is 1. The topological polar surface area (TPSA) is 49.4 Å². The van der Waals surface area contributed by atoms with E-state index in [2.05, 4.69) is 4.52 Å². The van der Waals surface area contributed by atoms with Crippen LogP contribution < -0.4 is 4.89 Å². The quantitative estimate of drug-likeness (QED) is 0.673. The third-order valence-corrected chi connectivity index (χ3v) is 2.94. The Kier molecular flexibility index (Phi) is 4.04. The van der Waals surface area contributed by atoms with Crippen molar-refractivity contribution in [2.24, 2.45) is 5.92 Å². The Morgan fingerprint density at radius 1 is 1.42 bits per heavy atom. The monoisotopic (exact) mass is 211 g/mol. The molecule has 72 valence electrons. The van der Waals surface area contributed by atoms with Gasteiger partial charge in [-0.15, -0.1) is 0 Å². The molecule has 0 radical (unpaired) electrons. The molecule has 0 heterocycles. The molecule has 0 aromatic rings. The average molecular weight is 212 g/mol. The van der Waals surface area contributed by atoms with Gasteiger partial charge >= 0.3 is 0 Å². The van der Waals surface area contributed by atoms with Gasteiger partial charge in [-0.1, -0.05) is 19.3 Å². The van der Waals surface area contributed by atoms with Crippen LogP contribution in [0.5, 0.6) is 0 Å². The molecule has 0 aromatic heterocycles. The van der Waals surface area contributed by atoms with Crippen LogP contribution in [-0.2, 0) is 9.09 Å². The van der Waals surface area contributed by atoms with E-state index in [0.717, 1.165) is 12.8 Å². The van der Waals surface area contributed by atoms with Gasteiger partial charge in [-0.25, -0.2) is 0 Å². The molecule has 12 heavy (non-hydrogen) atoms. The summed E-state index contributed by atoms with van der Waals surface area (Å²) >= 11 is 4.93. The lowest BCUT2D eigenvalue weighted by Gasteiger charge is -2.24. The standard InChI is InChI=1S/C7H14ClO3P/c8-12(9,10)11-6-7-4-2-1-3-5-7/h7H,1-6H2,(H,9,10)/p-1. The van der Waals surface area contributed by atoms with E-state index in [-0.39, 0.29) is 6.61 Å². The molecule has 0 aromatic carbocycles. The Morgan fingerprint density at radius 2 is 2.00 bits per heavy atom. The van der Waals surface area contributed by atoms with Gasteiger partial charge in [0.05, 0.1) is 6.61 Å². The highest BCUT2D eigenvalue weighted by Crippen LogP contribution is 2.43. The molecule has 5 heteroatoms. The van der Waals surface area contributed by atoms with Gasteiger partial charge in [-0.3, -0.25) is 4.57 Å². The van der Waals surface area contributed by atoms with Crippen LogP contribution in [0.4, 0.5) is 0 Å². The van der Waals surface area contributed by atoms with Crippen LogP contribution in [0.1, 0.15) is 32.1 Å². The Labute approximate surface area is 77.4 Å². The van der Waals surface area contributed by atoms with E-state index in [1.165, 1.54) is 19.3 Å². The van der Waals surface area contributed by atoms with E-state index in [1.54, 1.807) is 0 Å². The van der Waals surface area contributed by atoms with Crippen molar-refractivity contribution in [3.05, 3.63) is 0 Å². The minimum Gasteiger partial charge on any atom is -0.766 e. The Morgan fingerprint density at radius 3 is 2.50 bits per heavy atom. The van der Waals surface area contributed by atoms with E-state index < -0.39 is 6.95 Å². The predicted octanol–water partition coefficient (Wildman–Crippen LogP) is 2.29. The maximum atomic E-state index is 10.4. The fourth-order valence-corrected chi connectivity index (χ4v) is 2.11. The van der Waals surface area contributed by atoms with Gasteiger partial charge in [-0.2, -0.15) is 0 Å². The molecule has 1 rings (SSSR count). The molecule has 0 amide bonds. The molecule has 1 saturated carbocycles. The fourth-order valence-electron chi connectivity index (χ4n) is 1.55. The van der Waals surface area contributed by atoms with Crippen molar-refractivity contribution in [2.75, 3.05) is 6.61 Å². The fraction of sp³-hybridized carbons (Fsp3) is 1.00. The first kappa shape index (κ1) is 10.5. The SMILES string of the molecule is O=P([O-])(Cl)OCC1CCCCC1. The zero-order chi connectivity index (χ0) is 9.03. The van der Waals surface area contributed by atoms with Gasteiger partial charge in [0, 0.05) is 0 Å². The Balaban J connectivity index is 2.17. The Hall–Kier alpha value is 0.440. The minimum absolute atomic E-state index is 0.268. The maximum Gasteiger partial charge on any atom is 0.225 e. The van der Waals surface area contributed by atoms with Gasteiger partial charge in [0.1, 0.15) is 0 Å². The lowest BCUT2D eigenvalue weighted by Crippen LogP contribution is -2.13. The summed E-state index contributed by atoms with van der Waals surface area (Å²) in [6.07, 6.45) is 5.75. The number of hydrogen-bond donors (Lipinski definition) is 0. The summed E-state index contributed by atoms with van der Waals surface area (Å²) in [6, 6.07) is 0. The zero-order valence-corrected chi connectivity index (χ0v) is 8.52. The second-order valence-corrected chi connectivity index (χ2v) is 5.59. The molecule has 0 aliphatic heterocycles. The molecule has 0 bridgehead atoms. The van der Waals surface area contributed by atoms with Gasteiger partial charge in [0.15, 0.2) is 0 Å². The lowest BCUT2D eigenvalue weighted by atomic mass is 9.90. The summed E-state index contributed by atoms with van der Waals surface area (Å²) in [7, 11) is 0. The first-order chi connectivity index (χ1) is 5.58. The van der Waals surface area contributed by atoms with E-state index in [1.807, 2.05) is 0 Å². The highest BCUT2D eigenvalue weighted by Gasteiger charge is 2.15. The second-order valence-electron chi connectivity index (χ2n) is 3.23. The van der Waals surface area contributed by atoms with Gasteiger partial charge < -0.3 is 9.42 Å². The first-order valence-corrected chi connectivity index (χ1v) is 6.68. The molecule has 1 fully saturated rings. The van der Waals surface area contributed by atoms with Crippen LogP contribution in [0.2, 0.25) is 0 Å². The molecule has 0 spiro atoms. The third-order valence-electron chi connectivity index (χ3n) is 2.19. The molecule has 0 N–H and O–H groups in total. The van der Waals surface area contributed by atoms with Crippen LogP contribution >= 0.6 is 18.2 Å². The van der Waals surface area contributed by atoms with Crippen LogP contribution in [0.25, 0.3) is 0 Å². The van der Waals surface area contributed by atoms with E-state index in [9.17, 15) is 9.46 Å². The average Bonchev–Trinajstić information content (AvgIpc) is 2.02. The summed E-state index contributed by atoms with van der Waals surface area (Å²) in [4.78, 5) is 10.4. The number of rotatable bonds is 3. The van der Waals surface area contributed by atoms with Crippen molar-refractivity contribution >= 4 is 18.2 Å². The molecule has 1 aliphatic rings. The van der Waals surface area contributed by atoms with Crippen LogP contribution in [0.3, 0.4) is 0 Å². The third kappa shape index (κ3) is 4.46. The van der Waals surface area contributed by atoms with E-state index in [4.69, 9.17) is 11.2 Å². The molecule has 1 atom stereocenters. The van der Waals surface area contributed by atoms with Gasteiger partial charge in [-0.05, 0) is 30.0 Å². The summed E-state index contributed by atoms with van der Waals surface area (Å²) < 4.78 is 15.0. The molecule has 1 aliphatic carbocycles. The van der Waals surface area contributed by atoms with Crippen molar-refractivity contribution in [3.8, 4) is 0 Å². The van der Waals surface area contributed by atoms with E-state index >= 15 is 0 Å². The summed E-state index contributed by atoms with van der Waals surface area (Å²) in [5.41, 5.74) is 0. The van der Waals surface area contributed by atoms with Gasteiger partial charge in [0.25, 0.3) is 0 Å². The van der Waals surface area contributed by atoms with Crippen molar-refractivity contribution < 1.29 is 14.0 Å². The highest BCUT2D eigenvalue weighted by atomic mass is 35.7. The number of hydrogen-bond acceptors (Lipinski definition) is 3. The summed E-state index contributed by atoms with van der Waals surface area (Å²) in [5.74, 6) is 0.389. The zero-order valence-electron chi connectivity index (χ0n) is 6.87. The molecular formula is C7H13ClO3P-. The minimum atomic E-state index is -4.01. The Bertz CT molecular complexity index is 173. The lowest BCUT2D eigenvalue weighted by molar-refractivity contribution is -0.191. The molecule has 0 saturated heterocycles. The van der Waals surface area contributed by atoms with Crippen molar-refractivity contribution in [3.63, 3.8) is 0 Å². The van der Waals surface area contributed by atoms with Crippen molar-refractivity contribution in [1.82, 2.24) is 0 Å². The van der Waals surface area contributed by atoms with Crippen LogP contribution in [-0.4, -0.2) is 6.61 Å². The van der Waals surface area contributed by atoms with Crippen molar-refractivity contribution in [2.45, 2.75) is 32.1 Å². The normalized spacial score (nSPS) is 25.2. The van der Waals surface area contributed by atoms with Crippen LogP contribution in [0, 0.1) is 5.92 Å². The molecular weight excluding hydrogens is 199 g/mol. The van der Waals surface area contributed by atoms with Crippen molar-refractivity contribution in [1.29, 1.82) is 0 Å². The summed E-state index contributed by atoms with van der Waals surface area (Å²) in [5, 5.41) is 0. The molecule has 1 unspecified atom stereocenters. The summed E-state index contributed by atoms with van der Waals surface area (Å²) in [6.45, 7) is -3.74. The van der Waals surface area contributed by atoms with Gasteiger partial charge in [0.2, 0.25) is 6.95 Å². The van der Waals surface area contributed by atoms with Crippen LogP contribution in [0.15, 0.2) is 0 Å². The maximum absolute atomic E-state index is 10.4.